The van der Waals surface area contributed by atoms with Crippen molar-refractivity contribution in [2.45, 2.75) is 18.7 Å². The van der Waals surface area contributed by atoms with Crippen molar-refractivity contribution in [3.8, 4) is 0 Å². The lowest BCUT2D eigenvalue weighted by Crippen LogP contribution is -2.30. The number of para-hydroxylation sites is 1. The Morgan fingerprint density at radius 2 is 1.62 bits per heavy atom. The molecule has 0 saturated carbocycles. The zero-order valence-electron chi connectivity index (χ0n) is 15.8. The topological polar surface area (TPSA) is 92.8 Å². The molecule has 1 N–H and O–H groups in total. The summed E-state index contributed by atoms with van der Waals surface area (Å²) < 4.78 is 58.2. The van der Waals surface area contributed by atoms with Gasteiger partial charge in [0.2, 0.25) is 10.0 Å². The summed E-state index contributed by atoms with van der Waals surface area (Å²) in [6.07, 6.45) is 0. The van der Waals surface area contributed by atoms with Crippen molar-refractivity contribution in [3.05, 3.63) is 59.7 Å². The van der Waals surface area contributed by atoms with Gasteiger partial charge in [-0.15, -0.1) is 0 Å². The molecular weight excluding hydrogens is 406 g/mol. The van der Waals surface area contributed by atoms with Crippen LogP contribution in [0.25, 0.3) is 0 Å². The molecule has 29 heavy (non-hydrogen) atoms. The zero-order chi connectivity index (χ0) is 21.6. The van der Waals surface area contributed by atoms with E-state index in [1.54, 1.807) is 13.8 Å². The molecule has 2 rings (SSSR count). The van der Waals surface area contributed by atoms with E-state index in [0.29, 0.717) is 0 Å². The number of nitrogens with zero attached hydrogens (tertiary/aromatic N) is 1. The van der Waals surface area contributed by atoms with E-state index in [1.807, 2.05) is 5.32 Å². The Labute approximate surface area is 167 Å². The number of amides is 1. The Bertz CT molecular complexity index is 987. The molecule has 10 heteroatoms. The molecule has 0 atom stereocenters. The van der Waals surface area contributed by atoms with Gasteiger partial charge < -0.3 is 10.1 Å². The predicted octanol–water partition coefficient (Wildman–Crippen LogP) is 2.79. The molecular formula is C19H20F2N2O5S. The van der Waals surface area contributed by atoms with Crippen LogP contribution in [-0.2, 0) is 19.6 Å². The van der Waals surface area contributed by atoms with Gasteiger partial charge in [-0.2, -0.15) is 4.31 Å². The van der Waals surface area contributed by atoms with Crippen LogP contribution in [0.1, 0.15) is 24.2 Å². The second kappa shape index (κ2) is 9.57. The zero-order valence-corrected chi connectivity index (χ0v) is 16.6. The number of anilines is 1. The minimum atomic E-state index is -3.78. The molecule has 2 aromatic carbocycles. The first-order valence-electron chi connectivity index (χ1n) is 8.71. The number of rotatable bonds is 8. The normalized spacial score (nSPS) is 11.3. The highest BCUT2D eigenvalue weighted by molar-refractivity contribution is 7.89. The number of hydrogen-bond donors (Lipinski definition) is 1. The highest BCUT2D eigenvalue weighted by atomic mass is 32.2. The number of carbonyl (C=O) groups excluding carboxylic acids is 2. The highest BCUT2D eigenvalue weighted by Crippen LogP contribution is 2.19. The lowest BCUT2D eigenvalue weighted by molar-refractivity contribution is -0.119. The number of ether oxygens (including phenoxy) is 1. The number of sulfonamides is 1. The fraction of sp³-hybridized carbons (Fsp3) is 0.263. The van der Waals surface area contributed by atoms with Crippen LogP contribution in [0.2, 0.25) is 0 Å². The number of esters is 1. The summed E-state index contributed by atoms with van der Waals surface area (Å²) in [6, 6.07) is 8.26. The van der Waals surface area contributed by atoms with Crippen LogP contribution in [-0.4, -0.2) is 44.3 Å². The quantitative estimate of drug-likeness (QED) is 0.656. The van der Waals surface area contributed by atoms with Crippen molar-refractivity contribution >= 4 is 27.6 Å². The van der Waals surface area contributed by atoms with Crippen molar-refractivity contribution < 1.29 is 31.5 Å². The van der Waals surface area contributed by atoms with Crippen LogP contribution in [0.15, 0.2) is 47.4 Å². The molecule has 7 nitrogen and oxygen atoms in total. The van der Waals surface area contributed by atoms with E-state index < -0.39 is 45.8 Å². The molecule has 2 aromatic rings. The smallest absolute Gasteiger partial charge is 0.338 e. The number of hydrogen-bond acceptors (Lipinski definition) is 5. The Hall–Kier alpha value is -2.85. The van der Waals surface area contributed by atoms with Crippen LogP contribution in [0.4, 0.5) is 14.5 Å². The third-order valence-corrected chi connectivity index (χ3v) is 6.02. The van der Waals surface area contributed by atoms with Gasteiger partial charge >= 0.3 is 5.97 Å². The first kappa shape index (κ1) is 22.4. The van der Waals surface area contributed by atoms with E-state index in [-0.39, 0.29) is 23.5 Å². The summed E-state index contributed by atoms with van der Waals surface area (Å²) in [4.78, 5) is 23.9. The van der Waals surface area contributed by atoms with Gasteiger partial charge in [0, 0.05) is 13.1 Å². The Kier molecular flexibility index (Phi) is 7.40. The maximum absolute atomic E-state index is 13.5. The average molecular weight is 426 g/mol. The molecule has 0 fully saturated rings. The van der Waals surface area contributed by atoms with Crippen molar-refractivity contribution in [3.63, 3.8) is 0 Å². The number of nitrogens with one attached hydrogen (secondary N) is 1. The fourth-order valence-electron chi connectivity index (χ4n) is 2.50. The van der Waals surface area contributed by atoms with Crippen molar-refractivity contribution in [2.75, 3.05) is 25.0 Å². The molecule has 0 aliphatic carbocycles. The molecule has 0 aliphatic rings. The molecule has 0 unspecified atom stereocenters. The average Bonchev–Trinajstić information content (AvgIpc) is 2.70. The van der Waals surface area contributed by atoms with Crippen LogP contribution >= 0.6 is 0 Å². The molecule has 0 heterocycles. The van der Waals surface area contributed by atoms with Gasteiger partial charge in [0.25, 0.3) is 5.91 Å². The van der Waals surface area contributed by atoms with E-state index in [1.165, 1.54) is 22.5 Å². The molecule has 1 amide bonds. The number of carbonyl (C=O) groups is 2. The molecule has 0 spiro atoms. The minimum Gasteiger partial charge on any atom is -0.452 e. The Balaban J connectivity index is 2.07. The molecule has 156 valence electrons. The van der Waals surface area contributed by atoms with Crippen LogP contribution in [0, 0.1) is 11.6 Å². The van der Waals surface area contributed by atoms with Gasteiger partial charge in [-0.25, -0.2) is 22.0 Å². The van der Waals surface area contributed by atoms with Gasteiger partial charge in [-0.1, -0.05) is 26.0 Å². The van der Waals surface area contributed by atoms with Crippen molar-refractivity contribution in [2.24, 2.45) is 0 Å². The number of halogens is 2. The monoisotopic (exact) mass is 426 g/mol. The predicted molar refractivity (Wildman–Crippen MR) is 102 cm³/mol. The van der Waals surface area contributed by atoms with E-state index in [4.69, 9.17) is 4.74 Å². The lowest BCUT2D eigenvalue weighted by Gasteiger charge is -2.18. The number of benzene rings is 2. The molecule has 0 bridgehead atoms. The first-order valence-corrected chi connectivity index (χ1v) is 10.2. The lowest BCUT2D eigenvalue weighted by atomic mass is 10.2. The maximum atomic E-state index is 13.5. The summed E-state index contributed by atoms with van der Waals surface area (Å²) in [6.45, 7) is 3.10. The summed E-state index contributed by atoms with van der Waals surface area (Å²) in [5.41, 5.74) is -0.732. The second-order valence-corrected chi connectivity index (χ2v) is 7.78. The van der Waals surface area contributed by atoms with Gasteiger partial charge in [0.1, 0.15) is 17.3 Å². The SMILES string of the molecule is CCN(CC)S(=O)(=O)c1cccc(C(=O)OCC(=O)Nc2c(F)cccc2F)c1. The summed E-state index contributed by atoms with van der Waals surface area (Å²) in [5, 5.41) is 1.98. The van der Waals surface area contributed by atoms with Gasteiger partial charge in [-0.3, -0.25) is 4.79 Å². The van der Waals surface area contributed by atoms with E-state index in [2.05, 4.69) is 0 Å². The molecule has 0 aliphatic heterocycles. The van der Waals surface area contributed by atoms with Gasteiger partial charge in [0.05, 0.1) is 10.5 Å². The Morgan fingerprint density at radius 3 is 2.21 bits per heavy atom. The Morgan fingerprint density at radius 1 is 1.03 bits per heavy atom. The van der Waals surface area contributed by atoms with E-state index in [0.717, 1.165) is 24.3 Å². The molecule has 0 aromatic heterocycles. The van der Waals surface area contributed by atoms with Gasteiger partial charge in [-0.05, 0) is 30.3 Å². The van der Waals surface area contributed by atoms with Crippen molar-refractivity contribution in [1.82, 2.24) is 4.31 Å². The van der Waals surface area contributed by atoms with Crippen LogP contribution in [0.3, 0.4) is 0 Å². The summed E-state index contributed by atoms with van der Waals surface area (Å²) in [7, 11) is -3.78. The van der Waals surface area contributed by atoms with E-state index in [9.17, 15) is 26.8 Å². The summed E-state index contributed by atoms with van der Waals surface area (Å²) >= 11 is 0. The second-order valence-electron chi connectivity index (χ2n) is 5.84. The third-order valence-electron chi connectivity index (χ3n) is 3.97. The van der Waals surface area contributed by atoms with Crippen LogP contribution < -0.4 is 5.32 Å². The summed E-state index contributed by atoms with van der Waals surface area (Å²) in [5.74, 6) is -3.85. The minimum absolute atomic E-state index is 0.0805. The maximum Gasteiger partial charge on any atom is 0.338 e. The fourth-order valence-corrected chi connectivity index (χ4v) is 4.01. The standard InChI is InChI=1S/C19H20F2N2O5S/c1-3-23(4-2)29(26,27)14-8-5-7-13(11-14)19(25)28-12-17(24)22-18-15(20)9-6-10-16(18)21/h5-11H,3-4,12H2,1-2H3,(H,22,24). The van der Waals surface area contributed by atoms with Crippen molar-refractivity contribution in [1.29, 1.82) is 0 Å². The van der Waals surface area contributed by atoms with Gasteiger partial charge in [0.15, 0.2) is 6.61 Å². The largest absolute Gasteiger partial charge is 0.452 e. The third kappa shape index (κ3) is 5.36. The first-order chi connectivity index (χ1) is 13.7. The van der Waals surface area contributed by atoms with E-state index >= 15 is 0 Å². The highest BCUT2D eigenvalue weighted by Gasteiger charge is 2.23. The van der Waals surface area contributed by atoms with Crippen LogP contribution in [0.5, 0.6) is 0 Å². The molecule has 0 saturated heterocycles. The molecule has 0 radical (unpaired) electrons.